The molecule has 0 unspecified atom stereocenters. The van der Waals surface area contributed by atoms with E-state index in [0.29, 0.717) is 0 Å². The van der Waals surface area contributed by atoms with Crippen molar-refractivity contribution in [3.05, 3.63) is 0 Å². The highest BCUT2D eigenvalue weighted by Gasteiger charge is 2.17. The molecule has 0 heterocycles. The Bertz CT molecular complexity index is 214. The predicted octanol–water partition coefficient (Wildman–Crippen LogP) is -0.0346. The van der Waals surface area contributed by atoms with Gasteiger partial charge in [0.05, 0.1) is 13.1 Å². The summed E-state index contributed by atoms with van der Waals surface area (Å²) < 4.78 is 0. The zero-order chi connectivity index (χ0) is 11.2. The molecule has 0 rings (SSSR count). The lowest BCUT2D eigenvalue weighted by Crippen LogP contribution is -2.47. The first kappa shape index (κ1) is 12.9. The second kappa shape index (κ2) is 5.59. The normalized spacial score (nSPS) is 11.1. The number of carbonyl (C=O) groups excluding carboxylic acids is 1. The van der Waals surface area contributed by atoms with E-state index in [-0.39, 0.29) is 24.5 Å². The molecule has 0 aromatic rings. The molecule has 0 atom stereocenters. The van der Waals surface area contributed by atoms with Crippen molar-refractivity contribution in [3.8, 4) is 0 Å². The molecule has 0 aromatic heterocycles. The Morgan fingerprint density at radius 3 is 2.29 bits per heavy atom. The molecule has 0 aliphatic rings. The van der Waals surface area contributed by atoms with Crippen LogP contribution in [0.15, 0.2) is 0 Å². The summed E-state index contributed by atoms with van der Waals surface area (Å²) in [5, 5.41) is 13.6. The van der Waals surface area contributed by atoms with Crippen LogP contribution in [-0.2, 0) is 9.59 Å². The smallest absolute Gasteiger partial charge is 0.317 e. The summed E-state index contributed by atoms with van der Waals surface area (Å²) in [5.74, 6) is -1.15. The number of nitrogens with one attached hydrogen (secondary N) is 2. The molecule has 0 saturated heterocycles. The van der Waals surface area contributed by atoms with E-state index < -0.39 is 5.97 Å². The van der Waals surface area contributed by atoms with Gasteiger partial charge in [-0.25, -0.2) is 0 Å². The molecule has 0 aliphatic heterocycles. The average Bonchev–Trinajstić information content (AvgIpc) is 2.02. The molecule has 5 nitrogen and oxygen atoms in total. The third-order valence-electron chi connectivity index (χ3n) is 1.92. The standard InChI is InChI=1S/C9H18N2O3/c1-4-9(2,3)11-7(12)5-10-6-8(13)14/h10H,4-6H2,1-3H3,(H,11,12)(H,13,14). The first-order valence-electron chi connectivity index (χ1n) is 4.61. The van der Waals surface area contributed by atoms with Crippen molar-refractivity contribution in [2.24, 2.45) is 0 Å². The molecule has 14 heavy (non-hydrogen) atoms. The zero-order valence-electron chi connectivity index (χ0n) is 8.89. The van der Waals surface area contributed by atoms with Crippen LogP contribution in [0.1, 0.15) is 27.2 Å². The van der Waals surface area contributed by atoms with Gasteiger partial charge in [0.15, 0.2) is 0 Å². The minimum Gasteiger partial charge on any atom is -0.480 e. The maximum absolute atomic E-state index is 11.2. The average molecular weight is 202 g/mol. The number of amides is 1. The van der Waals surface area contributed by atoms with E-state index in [1.807, 2.05) is 20.8 Å². The molecule has 0 aliphatic carbocycles. The van der Waals surface area contributed by atoms with E-state index in [0.717, 1.165) is 6.42 Å². The van der Waals surface area contributed by atoms with Gasteiger partial charge >= 0.3 is 5.97 Å². The van der Waals surface area contributed by atoms with Crippen LogP contribution in [-0.4, -0.2) is 35.6 Å². The third kappa shape index (κ3) is 6.42. The minimum atomic E-state index is -0.965. The Balaban J connectivity index is 3.71. The predicted molar refractivity (Wildman–Crippen MR) is 53.0 cm³/mol. The topological polar surface area (TPSA) is 78.4 Å². The molecule has 0 bridgehead atoms. The van der Waals surface area contributed by atoms with Gasteiger partial charge in [0, 0.05) is 5.54 Å². The van der Waals surface area contributed by atoms with Gasteiger partial charge in [-0.2, -0.15) is 0 Å². The lowest BCUT2D eigenvalue weighted by molar-refractivity contribution is -0.136. The van der Waals surface area contributed by atoms with Crippen LogP contribution in [0.4, 0.5) is 0 Å². The largest absolute Gasteiger partial charge is 0.480 e. The molecule has 5 heteroatoms. The fourth-order valence-electron chi connectivity index (χ4n) is 0.793. The van der Waals surface area contributed by atoms with Gasteiger partial charge in [-0.1, -0.05) is 6.92 Å². The first-order chi connectivity index (χ1) is 6.37. The summed E-state index contributed by atoms with van der Waals surface area (Å²) in [6.07, 6.45) is 0.831. The SMILES string of the molecule is CCC(C)(C)NC(=O)CNCC(=O)O. The van der Waals surface area contributed by atoms with Gasteiger partial charge in [-0.15, -0.1) is 0 Å². The monoisotopic (exact) mass is 202 g/mol. The van der Waals surface area contributed by atoms with Gasteiger partial charge in [-0.3, -0.25) is 14.9 Å². The highest BCUT2D eigenvalue weighted by Crippen LogP contribution is 2.05. The molecule has 0 fully saturated rings. The van der Waals surface area contributed by atoms with Crippen molar-refractivity contribution in [3.63, 3.8) is 0 Å². The summed E-state index contributed by atoms with van der Waals surface area (Å²) in [6, 6.07) is 0. The Kier molecular flexibility index (Phi) is 5.15. The number of carboxylic acid groups (broad SMARTS) is 1. The van der Waals surface area contributed by atoms with Crippen molar-refractivity contribution >= 4 is 11.9 Å². The minimum absolute atomic E-state index is 0.0374. The van der Waals surface area contributed by atoms with Crippen LogP contribution in [0.3, 0.4) is 0 Å². The molecule has 1 amide bonds. The molecule has 0 saturated carbocycles. The summed E-state index contributed by atoms with van der Waals surface area (Å²) in [7, 11) is 0. The quantitative estimate of drug-likeness (QED) is 0.565. The Labute approximate surface area is 83.9 Å². The van der Waals surface area contributed by atoms with E-state index in [1.165, 1.54) is 0 Å². The van der Waals surface area contributed by atoms with Crippen LogP contribution in [0.2, 0.25) is 0 Å². The van der Waals surface area contributed by atoms with E-state index in [9.17, 15) is 9.59 Å². The second-order valence-corrected chi connectivity index (χ2v) is 3.78. The molecule has 0 aromatic carbocycles. The third-order valence-corrected chi connectivity index (χ3v) is 1.92. The molecule has 3 N–H and O–H groups in total. The number of carboxylic acids is 1. The molecular weight excluding hydrogens is 184 g/mol. The van der Waals surface area contributed by atoms with Crippen LogP contribution in [0.25, 0.3) is 0 Å². The van der Waals surface area contributed by atoms with Gasteiger partial charge in [-0.05, 0) is 20.3 Å². The van der Waals surface area contributed by atoms with Crippen LogP contribution in [0, 0.1) is 0 Å². The first-order valence-corrected chi connectivity index (χ1v) is 4.61. The van der Waals surface area contributed by atoms with Crippen molar-refractivity contribution in [1.29, 1.82) is 0 Å². The Morgan fingerprint density at radius 1 is 1.29 bits per heavy atom. The fourth-order valence-corrected chi connectivity index (χ4v) is 0.793. The van der Waals surface area contributed by atoms with E-state index in [4.69, 9.17) is 5.11 Å². The summed E-state index contributed by atoms with van der Waals surface area (Å²) in [5.41, 5.74) is -0.234. The number of hydrogen-bond acceptors (Lipinski definition) is 3. The van der Waals surface area contributed by atoms with E-state index in [2.05, 4.69) is 10.6 Å². The van der Waals surface area contributed by atoms with Gasteiger partial charge in [0.2, 0.25) is 5.91 Å². The van der Waals surface area contributed by atoms with E-state index >= 15 is 0 Å². The number of carbonyl (C=O) groups is 2. The van der Waals surface area contributed by atoms with Crippen molar-refractivity contribution in [2.45, 2.75) is 32.7 Å². The maximum atomic E-state index is 11.2. The Hall–Kier alpha value is -1.10. The van der Waals surface area contributed by atoms with E-state index in [1.54, 1.807) is 0 Å². The summed E-state index contributed by atoms with van der Waals surface area (Å²) >= 11 is 0. The number of rotatable bonds is 6. The highest BCUT2D eigenvalue weighted by molar-refractivity contribution is 5.79. The van der Waals surface area contributed by atoms with Gasteiger partial charge in [0.25, 0.3) is 0 Å². The summed E-state index contributed by atoms with van der Waals surface area (Å²) in [4.78, 5) is 21.4. The van der Waals surface area contributed by atoms with Gasteiger partial charge in [0.1, 0.15) is 0 Å². The lowest BCUT2D eigenvalue weighted by Gasteiger charge is -2.24. The van der Waals surface area contributed by atoms with Crippen LogP contribution in [0.5, 0.6) is 0 Å². The van der Waals surface area contributed by atoms with Crippen molar-refractivity contribution < 1.29 is 14.7 Å². The van der Waals surface area contributed by atoms with Gasteiger partial charge < -0.3 is 10.4 Å². The highest BCUT2D eigenvalue weighted by atomic mass is 16.4. The Morgan fingerprint density at radius 2 is 1.86 bits per heavy atom. The second-order valence-electron chi connectivity index (χ2n) is 3.78. The van der Waals surface area contributed by atoms with Crippen molar-refractivity contribution in [1.82, 2.24) is 10.6 Å². The molecular formula is C9H18N2O3. The van der Waals surface area contributed by atoms with Crippen LogP contribution < -0.4 is 10.6 Å². The summed E-state index contributed by atoms with van der Waals surface area (Å²) in [6.45, 7) is 5.66. The van der Waals surface area contributed by atoms with Crippen molar-refractivity contribution in [2.75, 3.05) is 13.1 Å². The fraction of sp³-hybridized carbons (Fsp3) is 0.778. The zero-order valence-corrected chi connectivity index (χ0v) is 8.89. The maximum Gasteiger partial charge on any atom is 0.317 e. The molecule has 0 spiro atoms. The molecule has 82 valence electrons. The lowest BCUT2D eigenvalue weighted by atomic mass is 10.0. The van der Waals surface area contributed by atoms with Crippen LogP contribution >= 0.6 is 0 Å². The molecule has 0 radical (unpaired) electrons. The number of hydrogen-bond donors (Lipinski definition) is 3. The number of aliphatic carboxylic acids is 1.